The van der Waals surface area contributed by atoms with Crippen LogP contribution < -0.4 is 17.0 Å². The fourth-order valence-electron chi connectivity index (χ4n) is 1.73. The molecule has 7 heteroatoms. The van der Waals surface area contributed by atoms with Gasteiger partial charge in [-0.3, -0.25) is 9.36 Å². The normalized spacial score (nSPS) is 10.7. The summed E-state index contributed by atoms with van der Waals surface area (Å²) in [5.41, 5.74) is 5.03. The maximum absolute atomic E-state index is 12.0. The molecule has 0 bridgehead atoms. The Morgan fingerprint density at radius 3 is 2.37 bits per heavy atom. The molecule has 5 nitrogen and oxygen atoms in total. The molecule has 1 heterocycles. The molecular weight excluding hydrogens is 289 g/mol. The third-order valence-corrected chi connectivity index (χ3v) is 3.44. The molecule has 0 amide bonds. The van der Waals surface area contributed by atoms with E-state index in [9.17, 15) is 9.59 Å². The van der Waals surface area contributed by atoms with Gasteiger partial charge < -0.3 is 10.3 Å². The average molecular weight is 300 g/mol. The van der Waals surface area contributed by atoms with Crippen molar-refractivity contribution in [3.63, 3.8) is 0 Å². The van der Waals surface area contributed by atoms with Crippen molar-refractivity contribution in [3.8, 4) is 0 Å². The van der Waals surface area contributed by atoms with Crippen LogP contribution in [0.1, 0.15) is 5.56 Å². The zero-order chi connectivity index (χ0) is 14.2. The van der Waals surface area contributed by atoms with Gasteiger partial charge in [-0.1, -0.05) is 29.3 Å². The zero-order valence-electron chi connectivity index (χ0n) is 10.1. The molecule has 1 aromatic carbocycles. The molecule has 19 heavy (non-hydrogen) atoms. The molecule has 0 atom stereocenters. The summed E-state index contributed by atoms with van der Waals surface area (Å²) in [5.74, 6) is 0. The van der Waals surface area contributed by atoms with E-state index >= 15 is 0 Å². The van der Waals surface area contributed by atoms with Gasteiger partial charge >= 0.3 is 5.69 Å². The lowest BCUT2D eigenvalue weighted by atomic mass is 10.2. The highest BCUT2D eigenvalue weighted by atomic mass is 35.5. The summed E-state index contributed by atoms with van der Waals surface area (Å²) >= 11 is 12.0. The van der Waals surface area contributed by atoms with E-state index in [4.69, 9.17) is 28.9 Å². The number of hydrogen-bond acceptors (Lipinski definition) is 3. The van der Waals surface area contributed by atoms with Crippen LogP contribution in [0.5, 0.6) is 0 Å². The van der Waals surface area contributed by atoms with Crippen LogP contribution in [-0.4, -0.2) is 9.13 Å². The highest BCUT2D eigenvalue weighted by Crippen LogP contribution is 2.24. The molecule has 0 aliphatic rings. The molecule has 0 aliphatic carbocycles. The summed E-state index contributed by atoms with van der Waals surface area (Å²) < 4.78 is 2.24. The lowest BCUT2D eigenvalue weighted by Crippen LogP contribution is -2.40. The fraction of sp³-hybridized carbons (Fsp3) is 0.167. The van der Waals surface area contributed by atoms with Gasteiger partial charge in [-0.25, -0.2) is 4.79 Å². The predicted octanol–water partition coefficient (Wildman–Crippen LogP) is 1.48. The van der Waals surface area contributed by atoms with Gasteiger partial charge in [0.2, 0.25) is 0 Å². The Hall–Kier alpha value is -1.72. The van der Waals surface area contributed by atoms with Crippen LogP contribution in [0.2, 0.25) is 10.0 Å². The molecule has 0 radical (unpaired) electrons. The van der Waals surface area contributed by atoms with E-state index < -0.39 is 11.2 Å². The summed E-state index contributed by atoms with van der Waals surface area (Å²) in [4.78, 5) is 23.9. The third kappa shape index (κ3) is 2.52. The quantitative estimate of drug-likeness (QED) is 0.913. The summed E-state index contributed by atoms with van der Waals surface area (Å²) in [6.07, 6.45) is 1.29. The molecular formula is C12H11Cl2N3O2. The lowest BCUT2D eigenvalue weighted by Gasteiger charge is -2.10. The Bertz CT molecular complexity index is 695. The SMILES string of the molecule is Cn1cc(N)c(=O)n(Cc2c(Cl)cccc2Cl)c1=O. The second-order valence-electron chi connectivity index (χ2n) is 4.07. The molecule has 0 fully saturated rings. The number of nitrogens with zero attached hydrogens (tertiary/aromatic N) is 2. The number of hydrogen-bond donors (Lipinski definition) is 1. The average Bonchev–Trinajstić information content (AvgIpc) is 2.35. The number of benzene rings is 1. The van der Waals surface area contributed by atoms with E-state index in [1.54, 1.807) is 18.2 Å². The third-order valence-electron chi connectivity index (χ3n) is 2.74. The Morgan fingerprint density at radius 2 is 1.79 bits per heavy atom. The smallest absolute Gasteiger partial charge is 0.331 e. The highest BCUT2D eigenvalue weighted by molar-refractivity contribution is 6.35. The van der Waals surface area contributed by atoms with Gasteiger partial charge in [0.25, 0.3) is 5.56 Å². The van der Waals surface area contributed by atoms with Gasteiger partial charge in [0.05, 0.1) is 6.54 Å². The molecule has 0 saturated heterocycles. The number of aryl methyl sites for hydroxylation is 1. The first-order valence-corrected chi connectivity index (χ1v) is 6.16. The first kappa shape index (κ1) is 13.7. The Balaban J connectivity index is 2.63. The van der Waals surface area contributed by atoms with E-state index in [1.807, 2.05) is 0 Å². The maximum atomic E-state index is 12.0. The van der Waals surface area contributed by atoms with Gasteiger partial charge in [0.1, 0.15) is 5.69 Å². The number of nitrogen functional groups attached to an aromatic ring is 1. The Kier molecular flexibility index (Phi) is 3.68. The van der Waals surface area contributed by atoms with Crippen molar-refractivity contribution in [1.29, 1.82) is 0 Å². The summed E-state index contributed by atoms with van der Waals surface area (Å²) in [6, 6.07) is 4.98. The van der Waals surface area contributed by atoms with Crippen LogP contribution in [0, 0.1) is 0 Å². The van der Waals surface area contributed by atoms with Crippen molar-refractivity contribution in [2.45, 2.75) is 6.54 Å². The molecule has 1 aromatic heterocycles. The minimum atomic E-state index is -0.556. The topological polar surface area (TPSA) is 70.0 Å². The second kappa shape index (κ2) is 5.11. The van der Waals surface area contributed by atoms with Gasteiger partial charge in [-0.05, 0) is 12.1 Å². The Morgan fingerprint density at radius 1 is 1.21 bits per heavy atom. The number of halogens is 2. The number of aromatic nitrogens is 2. The second-order valence-corrected chi connectivity index (χ2v) is 4.88. The van der Waals surface area contributed by atoms with Crippen molar-refractivity contribution in [2.24, 2.45) is 7.05 Å². The van der Waals surface area contributed by atoms with E-state index in [0.717, 1.165) is 4.57 Å². The van der Waals surface area contributed by atoms with Gasteiger partial charge in [-0.2, -0.15) is 0 Å². The fourth-order valence-corrected chi connectivity index (χ4v) is 2.25. The summed E-state index contributed by atoms with van der Waals surface area (Å²) in [5, 5.41) is 0.785. The standard InChI is InChI=1S/C12H11Cl2N3O2/c1-16-6-10(15)11(18)17(12(16)19)5-7-8(13)3-2-4-9(7)14/h2-4,6H,5,15H2,1H3. The number of nitrogens with two attached hydrogens (primary N) is 1. The zero-order valence-corrected chi connectivity index (χ0v) is 11.6. The van der Waals surface area contributed by atoms with Gasteiger partial charge in [-0.15, -0.1) is 0 Å². The molecule has 100 valence electrons. The minimum Gasteiger partial charge on any atom is -0.393 e. The molecule has 0 unspecified atom stereocenters. The summed E-state index contributed by atoms with van der Waals surface area (Å²) in [7, 11) is 1.52. The number of anilines is 1. The van der Waals surface area contributed by atoms with E-state index in [-0.39, 0.29) is 12.2 Å². The first-order valence-electron chi connectivity index (χ1n) is 5.40. The molecule has 2 aromatic rings. The van der Waals surface area contributed by atoms with Crippen molar-refractivity contribution in [2.75, 3.05) is 5.73 Å². The van der Waals surface area contributed by atoms with E-state index in [0.29, 0.717) is 15.6 Å². The van der Waals surface area contributed by atoms with Crippen LogP contribution >= 0.6 is 23.2 Å². The first-order chi connectivity index (χ1) is 8.91. The van der Waals surface area contributed by atoms with Gasteiger partial charge in [0, 0.05) is 28.9 Å². The summed E-state index contributed by atoms with van der Waals surface area (Å²) in [6.45, 7) is -0.0188. The van der Waals surface area contributed by atoms with Crippen molar-refractivity contribution < 1.29 is 0 Å². The van der Waals surface area contributed by atoms with Crippen LogP contribution in [0.4, 0.5) is 5.69 Å². The van der Waals surface area contributed by atoms with Crippen molar-refractivity contribution >= 4 is 28.9 Å². The molecule has 0 spiro atoms. The molecule has 0 aliphatic heterocycles. The van der Waals surface area contributed by atoms with Crippen molar-refractivity contribution in [3.05, 3.63) is 60.8 Å². The molecule has 2 rings (SSSR count). The van der Waals surface area contributed by atoms with E-state index in [2.05, 4.69) is 0 Å². The van der Waals surface area contributed by atoms with E-state index in [1.165, 1.54) is 17.8 Å². The highest BCUT2D eigenvalue weighted by Gasteiger charge is 2.12. The van der Waals surface area contributed by atoms with Crippen LogP contribution in [0.25, 0.3) is 0 Å². The monoisotopic (exact) mass is 299 g/mol. The Labute approximate surface area is 118 Å². The minimum absolute atomic E-state index is 0.00900. The van der Waals surface area contributed by atoms with Crippen LogP contribution in [0.3, 0.4) is 0 Å². The lowest BCUT2D eigenvalue weighted by molar-refractivity contribution is 0.643. The van der Waals surface area contributed by atoms with Gasteiger partial charge in [0.15, 0.2) is 0 Å². The number of rotatable bonds is 2. The van der Waals surface area contributed by atoms with Crippen LogP contribution in [-0.2, 0) is 13.6 Å². The molecule has 0 saturated carbocycles. The largest absolute Gasteiger partial charge is 0.393 e. The maximum Gasteiger partial charge on any atom is 0.331 e. The van der Waals surface area contributed by atoms with Crippen LogP contribution in [0.15, 0.2) is 34.0 Å². The molecule has 2 N–H and O–H groups in total. The predicted molar refractivity (Wildman–Crippen MR) is 75.9 cm³/mol. The van der Waals surface area contributed by atoms with Crippen molar-refractivity contribution in [1.82, 2.24) is 9.13 Å².